The SMILES string of the molecule is COc1ccc(CCN(C)Cn2nnc3ccccc3c2=O)cc1OC. The average molecular weight is 354 g/mol. The summed E-state index contributed by atoms with van der Waals surface area (Å²) in [6.07, 6.45) is 0.812. The van der Waals surface area contributed by atoms with Crippen molar-refractivity contribution in [2.24, 2.45) is 0 Å². The summed E-state index contributed by atoms with van der Waals surface area (Å²) in [5.41, 5.74) is 1.61. The van der Waals surface area contributed by atoms with Gasteiger partial charge in [0.2, 0.25) is 0 Å². The summed E-state index contributed by atoms with van der Waals surface area (Å²) in [6.45, 7) is 1.14. The van der Waals surface area contributed by atoms with Crippen molar-refractivity contribution < 1.29 is 9.47 Å². The largest absolute Gasteiger partial charge is 0.493 e. The Bertz CT molecular complexity index is 955. The Hall–Kier alpha value is -2.93. The van der Waals surface area contributed by atoms with Crippen LogP contribution in [0, 0.1) is 0 Å². The van der Waals surface area contributed by atoms with Crippen molar-refractivity contribution in [2.75, 3.05) is 27.8 Å². The van der Waals surface area contributed by atoms with Gasteiger partial charge in [-0.1, -0.05) is 23.4 Å². The maximum absolute atomic E-state index is 12.5. The van der Waals surface area contributed by atoms with Crippen LogP contribution >= 0.6 is 0 Å². The first-order valence-corrected chi connectivity index (χ1v) is 8.34. The fourth-order valence-electron chi connectivity index (χ4n) is 2.77. The van der Waals surface area contributed by atoms with E-state index >= 15 is 0 Å². The molecule has 3 rings (SSSR count). The monoisotopic (exact) mass is 354 g/mol. The second-order valence-corrected chi connectivity index (χ2v) is 6.07. The summed E-state index contributed by atoms with van der Waals surface area (Å²) in [7, 11) is 5.19. The Kier molecular flexibility index (Phi) is 5.48. The fraction of sp³-hybridized carbons (Fsp3) is 0.316. The Morgan fingerprint density at radius 2 is 1.85 bits per heavy atom. The van der Waals surface area contributed by atoms with Gasteiger partial charge in [0.05, 0.1) is 26.3 Å². The quantitative estimate of drug-likeness (QED) is 0.646. The molecule has 0 amide bonds. The summed E-state index contributed by atoms with van der Waals surface area (Å²) in [6, 6.07) is 13.1. The van der Waals surface area contributed by atoms with Crippen LogP contribution in [0.1, 0.15) is 5.56 Å². The molecule has 0 aliphatic heterocycles. The smallest absolute Gasteiger partial charge is 0.278 e. The number of hydrogen-bond acceptors (Lipinski definition) is 6. The van der Waals surface area contributed by atoms with E-state index in [9.17, 15) is 4.79 Å². The van der Waals surface area contributed by atoms with Crippen molar-refractivity contribution in [1.82, 2.24) is 19.9 Å². The minimum Gasteiger partial charge on any atom is -0.493 e. The third-order valence-electron chi connectivity index (χ3n) is 4.23. The van der Waals surface area contributed by atoms with Gasteiger partial charge in [-0.05, 0) is 43.3 Å². The number of benzene rings is 2. The first kappa shape index (κ1) is 17.9. The molecule has 0 spiro atoms. The molecule has 0 saturated heterocycles. The van der Waals surface area contributed by atoms with Gasteiger partial charge in [0.25, 0.3) is 5.56 Å². The Morgan fingerprint density at radius 3 is 2.62 bits per heavy atom. The van der Waals surface area contributed by atoms with E-state index < -0.39 is 0 Å². The van der Waals surface area contributed by atoms with Crippen LogP contribution in [-0.2, 0) is 13.1 Å². The van der Waals surface area contributed by atoms with Crippen molar-refractivity contribution in [1.29, 1.82) is 0 Å². The van der Waals surface area contributed by atoms with E-state index in [0.29, 0.717) is 29.1 Å². The predicted molar refractivity (Wildman–Crippen MR) is 99.7 cm³/mol. The molecule has 0 atom stereocenters. The summed E-state index contributed by atoms with van der Waals surface area (Å²) in [5.74, 6) is 1.42. The predicted octanol–water partition coefficient (Wildman–Crippen LogP) is 1.94. The standard InChI is InChI=1S/C19H22N4O3/c1-22(11-10-14-8-9-17(25-2)18(12-14)26-3)13-23-19(24)15-6-4-5-7-16(15)20-21-23/h4-9,12H,10-11,13H2,1-3H3. The van der Waals surface area contributed by atoms with Gasteiger partial charge in [0.15, 0.2) is 11.5 Å². The van der Waals surface area contributed by atoms with Crippen LogP contribution in [0.2, 0.25) is 0 Å². The highest BCUT2D eigenvalue weighted by molar-refractivity contribution is 5.76. The van der Waals surface area contributed by atoms with Crippen LogP contribution in [0.25, 0.3) is 10.9 Å². The maximum atomic E-state index is 12.5. The van der Waals surface area contributed by atoms with Crippen LogP contribution in [0.5, 0.6) is 11.5 Å². The van der Waals surface area contributed by atoms with Crippen LogP contribution in [0.3, 0.4) is 0 Å². The van der Waals surface area contributed by atoms with Crippen LogP contribution in [-0.4, -0.2) is 47.7 Å². The molecule has 7 heteroatoms. The second kappa shape index (κ2) is 7.97. The summed E-state index contributed by atoms with van der Waals surface area (Å²) < 4.78 is 12.0. The number of likely N-dealkylation sites (N-methyl/N-ethyl adjacent to an activating group) is 1. The molecule has 3 aromatic rings. The molecular weight excluding hydrogens is 332 g/mol. The van der Waals surface area contributed by atoms with E-state index in [1.807, 2.05) is 42.3 Å². The van der Waals surface area contributed by atoms with E-state index in [1.165, 1.54) is 4.68 Å². The van der Waals surface area contributed by atoms with Gasteiger partial charge in [-0.15, -0.1) is 5.10 Å². The second-order valence-electron chi connectivity index (χ2n) is 6.07. The normalized spacial score (nSPS) is 11.1. The molecule has 7 nitrogen and oxygen atoms in total. The van der Waals surface area contributed by atoms with Crippen LogP contribution in [0.15, 0.2) is 47.3 Å². The highest BCUT2D eigenvalue weighted by Gasteiger charge is 2.09. The van der Waals surface area contributed by atoms with Gasteiger partial charge >= 0.3 is 0 Å². The van der Waals surface area contributed by atoms with Crippen molar-refractivity contribution in [2.45, 2.75) is 13.1 Å². The van der Waals surface area contributed by atoms with Gasteiger partial charge < -0.3 is 9.47 Å². The van der Waals surface area contributed by atoms with Gasteiger partial charge in [0, 0.05) is 6.54 Å². The number of methoxy groups -OCH3 is 2. The highest BCUT2D eigenvalue weighted by atomic mass is 16.5. The van der Waals surface area contributed by atoms with Crippen LogP contribution < -0.4 is 15.0 Å². The minimum absolute atomic E-state index is 0.131. The molecule has 0 unspecified atom stereocenters. The zero-order valence-electron chi connectivity index (χ0n) is 15.2. The summed E-state index contributed by atoms with van der Waals surface area (Å²) >= 11 is 0. The topological polar surface area (TPSA) is 69.5 Å². The minimum atomic E-state index is -0.131. The van der Waals surface area contributed by atoms with E-state index in [1.54, 1.807) is 26.4 Å². The van der Waals surface area contributed by atoms with E-state index in [2.05, 4.69) is 10.3 Å². The zero-order chi connectivity index (χ0) is 18.5. The van der Waals surface area contributed by atoms with Crippen molar-refractivity contribution in [3.05, 3.63) is 58.4 Å². The number of rotatable bonds is 7. The van der Waals surface area contributed by atoms with Crippen LogP contribution in [0.4, 0.5) is 0 Å². The lowest BCUT2D eigenvalue weighted by molar-refractivity contribution is 0.247. The van der Waals surface area contributed by atoms with E-state index in [-0.39, 0.29) is 5.56 Å². The van der Waals surface area contributed by atoms with Gasteiger partial charge in [-0.3, -0.25) is 9.69 Å². The molecule has 1 aromatic heterocycles. The molecule has 0 radical (unpaired) electrons. The van der Waals surface area contributed by atoms with E-state index in [0.717, 1.165) is 18.5 Å². The third-order valence-corrected chi connectivity index (χ3v) is 4.23. The Labute approximate surface area is 151 Å². The molecule has 1 heterocycles. The molecule has 0 saturated carbocycles. The fourth-order valence-corrected chi connectivity index (χ4v) is 2.77. The first-order chi connectivity index (χ1) is 12.6. The highest BCUT2D eigenvalue weighted by Crippen LogP contribution is 2.27. The van der Waals surface area contributed by atoms with Gasteiger partial charge in [0.1, 0.15) is 5.52 Å². The number of fused-ring (bicyclic) bond motifs is 1. The summed E-state index contributed by atoms with van der Waals surface area (Å²) in [4.78, 5) is 14.5. The molecule has 0 aliphatic carbocycles. The number of aromatic nitrogens is 3. The maximum Gasteiger partial charge on any atom is 0.278 e. The average Bonchev–Trinajstić information content (AvgIpc) is 2.68. The molecule has 0 fully saturated rings. The third kappa shape index (κ3) is 3.83. The molecule has 136 valence electrons. The molecule has 26 heavy (non-hydrogen) atoms. The number of ether oxygens (including phenoxy) is 2. The van der Waals surface area contributed by atoms with Gasteiger partial charge in [-0.2, -0.15) is 4.68 Å². The van der Waals surface area contributed by atoms with Gasteiger partial charge in [-0.25, -0.2) is 0 Å². The lowest BCUT2D eigenvalue weighted by Crippen LogP contribution is -2.33. The zero-order valence-corrected chi connectivity index (χ0v) is 15.2. The van der Waals surface area contributed by atoms with Crippen molar-refractivity contribution in [3.63, 3.8) is 0 Å². The summed E-state index contributed by atoms with van der Waals surface area (Å²) in [5, 5.41) is 8.72. The first-order valence-electron chi connectivity index (χ1n) is 8.34. The lowest BCUT2D eigenvalue weighted by Gasteiger charge is -2.17. The Morgan fingerprint density at radius 1 is 1.08 bits per heavy atom. The Balaban J connectivity index is 1.67. The molecule has 0 aliphatic rings. The lowest BCUT2D eigenvalue weighted by atomic mass is 10.1. The van der Waals surface area contributed by atoms with Crippen molar-refractivity contribution in [3.8, 4) is 11.5 Å². The molecular formula is C19H22N4O3. The molecule has 0 bridgehead atoms. The molecule has 2 aromatic carbocycles. The number of nitrogens with zero attached hydrogens (tertiary/aromatic N) is 4. The number of hydrogen-bond donors (Lipinski definition) is 0. The van der Waals surface area contributed by atoms with Crippen molar-refractivity contribution >= 4 is 10.9 Å². The van der Waals surface area contributed by atoms with E-state index in [4.69, 9.17) is 9.47 Å². The molecule has 0 N–H and O–H groups in total.